The van der Waals surface area contributed by atoms with Gasteiger partial charge in [-0.1, -0.05) is 13.8 Å². The van der Waals surface area contributed by atoms with Crippen LogP contribution < -0.4 is 5.32 Å². The molecule has 0 aromatic heterocycles. The molecule has 0 unspecified atom stereocenters. The molecule has 0 radical (unpaired) electrons. The number of rotatable bonds is 6. The highest BCUT2D eigenvalue weighted by Gasteiger charge is 2.41. The number of aliphatic hydroxyl groups is 1. The van der Waals surface area contributed by atoms with Crippen LogP contribution in [-0.4, -0.2) is 46.4 Å². The highest BCUT2D eigenvalue weighted by atomic mass is 16.5. The van der Waals surface area contributed by atoms with Gasteiger partial charge < -0.3 is 20.3 Å². The van der Waals surface area contributed by atoms with E-state index in [1.165, 1.54) is 13.2 Å². The van der Waals surface area contributed by atoms with Gasteiger partial charge in [-0.3, -0.25) is 4.79 Å². The van der Waals surface area contributed by atoms with Crippen LogP contribution in [0, 0.1) is 23.2 Å². The topological polar surface area (TPSA) is 157 Å². The lowest BCUT2D eigenvalue weighted by Crippen LogP contribution is -2.16. The minimum atomic E-state index is -1.32. The van der Waals surface area contributed by atoms with Crippen molar-refractivity contribution in [3.8, 4) is 6.07 Å². The van der Waals surface area contributed by atoms with Gasteiger partial charge >= 0.3 is 11.9 Å². The summed E-state index contributed by atoms with van der Waals surface area (Å²) in [5.74, 6) is -1.50. The van der Waals surface area contributed by atoms with Crippen LogP contribution in [0.3, 0.4) is 0 Å². The Kier molecular flexibility index (Phi) is 7.72. The van der Waals surface area contributed by atoms with Gasteiger partial charge in [0.1, 0.15) is 17.4 Å². The van der Waals surface area contributed by atoms with E-state index in [1.807, 2.05) is 39.0 Å². The van der Waals surface area contributed by atoms with Crippen molar-refractivity contribution in [1.82, 2.24) is 5.32 Å². The zero-order valence-electron chi connectivity index (χ0n) is 26.7. The Bertz CT molecular complexity index is 1960. The second-order valence-corrected chi connectivity index (χ2v) is 12.1. The Hall–Kier alpha value is -5.30. The maximum atomic E-state index is 12.2. The number of carboxylic acids is 1. The number of carbonyl (C=O) groups is 2. The van der Waals surface area contributed by atoms with Crippen LogP contribution in [0.1, 0.15) is 60.3 Å². The van der Waals surface area contributed by atoms with Gasteiger partial charge in [0.05, 0.1) is 41.3 Å². The fraction of sp³-hybridized carbons (Fsp3) is 0.333. The fourth-order valence-corrected chi connectivity index (χ4v) is 6.97. The number of carboxylic acid groups (broad SMARTS) is 1. The van der Waals surface area contributed by atoms with E-state index in [0.717, 1.165) is 68.4 Å². The molecule has 2 atom stereocenters. The number of nitrogens with zero attached hydrogens (tertiary/aromatic N) is 4. The molecule has 1 fully saturated rings. The third-order valence-electron chi connectivity index (χ3n) is 9.63. The molecule has 8 bridgehead atoms. The van der Waals surface area contributed by atoms with Crippen LogP contribution in [0.2, 0.25) is 0 Å². The molecule has 0 aromatic carbocycles. The van der Waals surface area contributed by atoms with Crippen LogP contribution in [-0.2, 0) is 14.3 Å². The third kappa shape index (κ3) is 4.92. The van der Waals surface area contributed by atoms with E-state index in [2.05, 4.69) is 19.2 Å². The zero-order valence-corrected chi connectivity index (χ0v) is 26.7. The summed E-state index contributed by atoms with van der Waals surface area (Å²) in [6.45, 7) is 9.97. The van der Waals surface area contributed by atoms with Crippen LogP contribution in [0.15, 0.2) is 118 Å². The lowest BCUT2D eigenvalue weighted by Gasteiger charge is -2.17. The Labute approximate surface area is 267 Å². The average molecular weight is 618 g/mol. The largest absolute Gasteiger partial charge is 0.511 e. The minimum Gasteiger partial charge on any atom is -0.511 e. The van der Waals surface area contributed by atoms with Gasteiger partial charge in [0.15, 0.2) is 0 Å². The predicted molar refractivity (Wildman–Crippen MR) is 175 cm³/mol. The Morgan fingerprint density at radius 3 is 2.48 bits per heavy atom. The van der Waals surface area contributed by atoms with Crippen molar-refractivity contribution in [2.75, 3.05) is 7.11 Å². The van der Waals surface area contributed by atoms with Gasteiger partial charge in [-0.05, 0) is 80.2 Å². The van der Waals surface area contributed by atoms with E-state index in [4.69, 9.17) is 19.7 Å². The molecule has 5 aliphatic heterocycles. The molecule has 6 aliphatic rings. The van der Waals surface area contributed by atoms with Gasteiger partial charge in [0.25, 0.3) is 0 Å². The number of hydrogen-bond acceptors (Lipinski definition) is 9. The van der Waals surface area contributed by atoms with Crippen molar-refractivity contribution in [3.05, 3.63) is 103 Å². The maximum absolute atomic E-state index is 12.2. The summed E-state index contributed by atoms with van der Waals surface area (Å²) < 4.78 is 4.95. The number of aliphatic hydroxyl groups excluding tert-OH is 1. The van der Waals surface area contributed by atoms with Crippen molar-refractivity contribution in [1.29, 1.82) is 5.26 Å². The van der Waals surface area contributed by atoms with Crippen molar-refractivity contribution >= 4 is 29.1 Å². The third-order valence-corrected chi connectivity index (χ3v) is 9.63. The highest BCUT2D eigenvalue weighted by molar-refractivity contribution is 6.21. The van der Waals surface area contributed by atoms with Crippen molar-refractivity contribution in [3.63, 3.8) is 0 Å². The molecule has 234 valence electrons. The van der Waals surface area contributed by atoms with E-state index < -0.39 is 11.5 Å². The van der Waals surface area contributed by atoms with E-state index in [-0.39, 0.29) is 30.0 Å². The number of carbonyl (C=O) groups excluding carboxylic acids is 1. The molecule has 1 saturated heterocycles. The SMILES string of the molecule is CCC1=C(C)C2=NC1=CC1=C(C)C3=C(O)CC(=C4NC(=CC5=NC(=C2)C(/C=C(\C#N)C(=O)O)=C5C)[C@@H](C)[C@@H]4CCC(=O)OC)C3=N1. The summed E-state index contributed by atoms with van der Waals surface area (Å²) in [6, 6.07) is 1.79. The summed E-state index contributed by atoms with van der Waals surface area (Å²) in [5, 5.41) is 34.1. The summed E-state index contributed by atoms with van der Waals surface area (Å²) in [6.07, 6.45) is 8.91. The van der Waals surface area contributed by atoms with Crippen LogP contribution >= 0.6 is 0 Å². The number of hydrogen-bond donors (Lipinski definition) is 3. The molecule has 10 nitrogen and oxygen atoms in total. The molecule has 3 N–H and O–H groups in total. The quantitative estimate of drug-likeness (QED) is 0.183. The summed E-state index contributed by atoms with van der Waals surface area (Å²) in [5.41, 5.74) is 11.2. The molecule has 1 aliphatic carbocycles. The number of allylic oxidation sites excluding steroid dienone is 12. The molecule has 0 aromatic rings. The van der Waals surface area contributed by atoms with E-state index in [0.29, 0.717) is 35.5 Å². The van der Waals surface area contributed by atoms with E-state index in [9.17, 15) is 25.1 Å². The van der Waals surface area contributed by atoms with E-state index in [1.54, 1.807) is 6.07 Å². The van der Waals surface area contributed by atoms with Crippen molar-refractivity contribution in [2.24, 2.45) is 26.8 Å². The second kappa shape index (κ2) is 11.6. The van der Waals surface area contributed by atoms with Gasteiger partial charge in [0, 0.05) is 52.8 Å². The number of aliphatic carboxylic acids is 1. The number of fused-ring (bicyclic) bond motifs is 5. The zero-order chi connectivity index (χ0) is 33.0. The molecular weight excluding hydrogens is 582 g/mol. The van der Waals surface area contributed by atoms with E-state index >= 15 is 0 Å². The first-order valence-corrected chi connectivity index (χ1v) is 15.4. The normalized spacial score (nSPS) is 23.7. The standard InChI is InChI=1S/C36H35N5O5/c1-7-21-16(2)26-13-30-23(10-20(15-37)36(44)45)18(4)25(39-30)12-27-17(3)22(8-9-32(43)46-6)34(40-27)24-11-31(42)33-19(5)28(41-35(24)33)14-29(21)38-26/h10,12-14,17,22,40,42H,7-9,11H2,1-6H3,(H,44,45)/b20-10+,27-12?,29-14?,30-13?,34-24?/t17-,22-/m0/s1. The first-order valence-electron chi connectivity index (χ1n) is 15.4. The lowest BCUT2D eigenvalue weighted by atomic mass is 9.86. The molecule has 0 amide bonds. The van der Waals surface area contributed by atoms with Crippen molar-refractivity contribution in [2.45, 2.75) is 60.3 Å². The van der Waals surface area contributed by atoms with Crippen LogP contribution in [0.5, 0.6) is 0 Å². The van der Waals surface area contributed by atoms with Gasteiger partial charge in [0.2, 0.25) is 0 Å². The molecule has 5 heterocycles. The number of nitrogens with one attached hydrogen (secondary N) is 1. The summed E-state index contributed by atoms with van der Waals surface area (Å²) >= 11 is 0. The second-order valence-electron chi connectivity index (χ2n) is 12.1. The first kappa shape index (κ1) is 30.7. The number of methoxy groups -OCH3 is 1. The Morgan fingerprint density at radius 2 is 1.80 bits per heavy atom. The number of esters is 1. The fourth-order valence-electron chi connectivity index (χ4n) is 6.97. The van der Waals surface area contributed by atoms with Gasteiger partial charge in [-0.2, -0.15) is 5.26 Å². The molecule has 6 rings (SSSR count). The van der Waals surface area contributed by atoms with Crippen LogP contribution in [0.25, 0.3) is 0 Å². The maximum Gasteiger partial charge on any atom is 0.346 e. The molecule has 0 saturated carbocycles. The minimum absolute atomic E-state index is 0.0550. The number of ether oxygens (including phenoxy) is 1. The molecule has 46 heavy (non-hydrogen) atoms. The molecule has 10 heteroatoms. The first-order chi connectivity index (χ1) is 22.0. The highest BCUT2D eigenvalue weighted by Crippen LogP contribution is 2.46. The number of nitriles is 1. The van der Waals surface area contributed by atoms with Gasteiger partial charge in [-0.25, -0.2) is 19.8 Å². The monoisotopic (exact) mass is 617 g/mol. The predicted octanol–water partition coefficient (Wildman–Crippen LogP) is 6.15. The average Bonchev–Trinajstić information content (AvgIpc) is 3.77. The molecular formula is C36H35N5O5. The number of aliphatic imine (C=N–C) groups is 3. The molecule has 0 spiro atoms. The van der Waals surface area contributed by atoms with Crippen molar-refractivity contribution < 1.29 is 24.5 Å². The Morgan fingerprint density at radius 1 is 1.09 bits per heavy atom. The Balaban J connectivity index is 1.61. The lowest BCUT2D eigenvalue weighted by molar-refractivity contribution is -0.141. The smallest absolute Gasteiger partial charge is 0.346 e. The van der Waals surface area contributed by atoms with Crippen LogP contribution in [0.4, 0.5) is 0 Å². The summed E-state index contributed by atoms with van der Waals surface area (Å²) in [4.78, 5) is 39.1. The van der Waals surface area contributed by atoms with Gasteiger partial charge in [-0.15, -0.1) is 0 Å². The summed E-state index contributed by atoms with van der Waals surface area (Å²) in [7, 11) is 1.38.